The average Bonchev–Trinajstić information content (AvgIpc) is 2.69. The molecule has 0 aromatic heterocycles. The SMILES string of the molecule is CCc1ccc(C(=O)NCCN2CCN(c3ccccc3)CC2)cc1. The number of hydrogen-bond acceptors (Lipinski definition) is 3. The summed E-state index contributed by atoms with van der Waals surface area (Å²) >= 11 is 0. The molecule has 0 aliphatic carbocycles. The molecule has 1 aliphatic rings. The Morgan fingerprint density at radius 1 is 0.960 bits per heavy atom. The second-order valence-electron chi connectivity index (χ2n) is 6.47. The van der Waals surface area contributed by atoms with Crippen molar-refractivity contribution in [1.29, 1.82) is 0 Å². The molecule has 1 amide bonds. The average molecular weight is 337 g/mol. The molecule has 1 N–H and O–H groups in total. The van der Waals surface area contributed by atoms with E-state index in [-0.39, 0.29) is 5.91 Å². The maximum atomic E-state index is 12.2. The zero-order valence-corrected chi connectivity index (χ0v) is 14.9. The van der Waals surface area contributed by atoms with E-state index in [1.165, 1.54) is 11.3 Å². The van der Waals surface area contributed by atoms with Gasteiger partial charge in [-0.05, 0) is 36.2 Å². The molecule has 0 radical (unpaired) electrons. The number of aryl methyl sites for hydroxylation is 1. The van der Waals surface area contributed by atoms with Crippen molar-refractivity contribution in [1.82, 2.24) is 10.2 Å². The van der Waals surface area contributed by atoms with Crippen molar-refractivity contribution in [3.63, 3.8) is 0 Å². The molecule has 25 heavy (non-hydrogen) atoms. The fourth-order valence-corrected chi connectivity index (χ4v) is 3.19. The number of carbonyl (C=O) groups is 1. The predicted octanol–water partition coefficient (Wildman–Crippen LogP) is 2.80. The molecule has 0 unspecified atom stereocenters. The van der Waals surface area contributed by atoms with Crippen LogP contribution in [0, 0.1) is 0 Å². The van der Waals surface area contributed by atoms with Crippen molar-refractivity contribution in [2.24, 2.45) is 0 Å². The Balaban J connectivity index is 1.39. The molecule has 1 aliphatic heterocycles. The standard InChI is InChI=1S/C21H27N3O/c1-2-18-8-10-19(11-9-18)21(25)22-12-13-23-14-16-24(17-15-23)20-6-4-3-5-7-20/h3-11H,2,12-17H2,1H3,(H,22,25). The Bertz CT molecular complexity index is 661. The van der Waals surface area contributed by atoms with Crippen LogP contribution in [0.2, 0.25) is 0 Å². The zero-order chi connectivity index (χ0) is 17.5. The molecule has 2 aromatic rings. The lowest BCUT2D eigenvalue weighted by molar-refractivity contribution is 0.0948. The van der Waals surface area contributed by atoms with Crippen LogP contribution in [0.1, 0.15) is 22.8 Å². The smallest absolute Gasteiger partial charge is 0.251 e. The van der Waals surface area contributed by atoms with Crippen LogP contribution >= 0.6 is 0 Å². The molecule has 4 nitrogen and oxygen atoms in total. The van der Waals surface area contributed by atoms with Gasteiger partial charge >= 0.3 is 0 Å². The van der Waals surface area contributed by atoms with Crippen molar-refractivity contribution in [3.8, 4) is 0 Å². The number of benzene rings is 2. The molecular formula is C21H27N3O. The van der Waals surface area contributed by atoms with Crippen LogP contribution in [-0.2, 0) is 6.42 Å². The highest BCUT2D eigenvalue weighted by molar-refractivity contribution is 5.94. The molecule has 132 valence electrons. The van der Waals surface area contributed by atoms with E-state index in [1.54, 1.807) is 0 Å². The third-order valence-electron chi connectivity index (χ3n) is 4.83. The van der Waals surface area contributed by atoms with Crippen LogP contribution in [0.5, 0.6) is 0 Å². The van der Waals surface area contributed by atoms with Crippen LogP contribution in [0.3, 0.4) is 0 Å². The van der Waals surface area contributed by atoms with E-state index in [4.69, 9.17) is 0 Å². The Hall–Kier alpha value is -2.33. The third-order valence-corrected chi connectivity index (χ3v) is 4.83. The van der Waals surface area contributed by atoms with Gasteiger partial charge in [-0.2, -0.15) is 0 Å². The minimum absolute atomic E-state index is 0.0191. The van der Waals surface area contributed by atoms with Crippen molar-refractivity contribution in [2.45, 2.75) is 13.3 Å². The number of rotatable bonds is 6. The highest BCUT2D eigenvalue weighted by atomic mass is 16.1. The lowest BCUT2D eigenvalue weighted by Crippen LogP contribution is -2.48. The molecular weight excluding hydrogens is 310 g/mol. The molecule has 1 fully saturated rings. The first-order chi connectivity index (χ1) is 12.3. The molecule has 1 heterocycles. The highest BCUT2D eigenvalue weighted by Gasteiger charge is 2.16. The van der Waals surface area contributed by atoms with Crippen molar-refractivity contribution in [3.05, 3.63) is 65.7 Å². The fourth-order valence-electron chi connectivity index (χ4n) is 3.19. The summed E-state index contributed by atoms with van der Waals surface area (Å²) in [5.74, 6) is 0.0191. The maximum Gasteiger partial charge on any atom is 0.251 e. The number of nitrogens with one attached hydrogen (secondary N) is 1. The monoisotopic (exact) mass is 337 g/mol. The van der Waals surface area contributed by atoms with Gasteiger partial charge < -0.3 is 10.2 Å². The van der Waals surface area contributed by atoms with Gasteiger partial charge in [0.05, 0.1) is 0 Å². The summed E-state index contributed by atoms with van der Waals surface area (Å²) in [6.07, 6.45) is 0.997. The van der Waals surface area contributed by atoms with Gasteiger partial charge in [0.2, 0.25) is 0 Å². The maximum absolute atomic E-state index is 12.2. The van der Waals surface area contributed by atoms with Crippen LogP contribution < -0.4 is 10.2 Å². The Kier molecular flexibility index (Phi) is 6.07. The first kappa shape index (κ1) is 17.5. The van der Waals surface area contributed by atoms with E-state index in [0.717, 1.165) is 44.7 Å². The largest absolute Gasteiger partial charge is 0.369 e. The number of anilines is 1. The molecule has 0 atom stereocenters. The molecule has 4 heteroatoms. The Morgan fingerprint density at radius 2 is 1.64 bits per heavy atom. The van der Waals surface area contributed by atoms with Crippen molar-refractivity contribution >= 4 is 11.6 Å². The summed E-state index contributed by atoms with van der Waals surface area (Å²) in [6, 6.07) is 18.4. The zero-order valence-electron chi connectivity index (χ0n) is 14.9. The van der Waals surface area contributed by atoms with Gasteiger partial charge in [0.25, 0.3) is 5.91 Å². The second kappa shape index (κ2) is 8.67. The predicted molar refractivity (Wildman–Crippen MR) is 103 cm³/mol. The lowest BCUT2D eigenvalue weighted by Gasteiger charge is -2.36. The quantitative estimate of drug-likeness (QED) is 0.880. The number of para-hydroxylation sites is 1. The van der Waals surface area contributed by atoms with E-state index >= 15 is 0 Å². The van der Waals surface area contributed by atoms with Gasteiger partial charge in [0, 0.05) is 50.5 Å². The first-order valence-corrected chi connectivity index (χ1v) is 9.16. The van der Waals surface area contributed by atoms with Gasteiger partial charge in [-0.15, -0.1) is 0 Å². The number of carbonyl (C=O) groups excluding carboxylic acids is 1. The molecule has 0 spiro atoms. The van der Waals surface area contributed by atoms with Crippen LogP contribution in [0.15, 0.2) is 54.6 Å². The topological polar surface area (TPSA) is 35.6 Å². The van der Waals surface area contributed by atoms with Gasteiger partial charge in [-0.1, -0.05) is 37.3 Å². The van der Waals surface area contributed by atoms with Gasteiger partial charge in [0.1, 0.15) is 0 Å². The van der Waals surface area contributed by atoms with E-state index < -0.39 is 0 Å². The number of amides is 1. The Labute approximate surface area is 150 Å². The van der Waals surface area contributed by atoms with Gasteiger partial charge in [0.15, 0.2) is 0 Å². The second-order valence-corrected chi connectivity index (χ2v) is 6.47. The van der Waals surface area contributed by atoms with Crippen LogP contribution in [0.4, 0.5) is 5.69 Å². The minimum atomic E-state index is 0.0191. The molecule has 1 saturated heterocycles. The number of nitrogens with zero attached hydrogens (tertiary/aromatic N) is 2. The fraction of sp³-hybridized carbons (Fsp3) is 0.381. The summed E-state index contributed by atoms with van der Waals surface area (Å²) in [4.78, 5) is 17.0. The first-order valence-electron chi connectivity index (χ1n) is 9.16. The normalized spacial score (nSPS) is 15.2. The summed E-state index contributed by atoms with van der Waals surface area (Å²) in [7, 11) is 0. The summed E-state index contributed by atoms with van der Waals surface area (Å²) < 4.78 is 0. The number of hydrogen-bond donors (Lipinski definition) is 1. The number of piperazine rings is 1. The third kappa shape index (κ3) is 4.83. The highest BCUT2D eigenvalue weighted by Crippen LogP contribution is 2.15. The summed E-state index contributed by atoms with van der Waals surface area (Å²) in [5.41, 5.74) is 3.30. The van der Waals surface area contributed by atoms with E-state index in [1.807, 2.05) is 24.3 Å². The molecule has 2 aromatic carbocycles. The van der Waals surface area contributed by atoms with E-state index in [9.17, 15) is 4.79 Å². The minimum Gasteiger partial charge on any atom is -0.369 e. The van der Waals surface area contributed by atoms with Crippen molar-refractivity contribution in [2.75, 3.05) is 44.2 Å². The van der Waals surface area contributed by atoms with Crippen LogP contribution in [-0.4, -0.2) is 50.1 Å². The van der Waals surface area contributed by atoms with Gasteiger partial charge in [-0.25, -0.2) is 0 Å². The lowest BCUT2D eigenvalue weighted by atomic mass is 10.1. The van der Waals surface area contributed by atoms with Crippen molar-refractivity contribution < 1.29 is 4.79 Å². The van der Waals surface area contributed by atoms with E-state index in [2.05, 4.69) is 52.4 Å². The Morgan fingerprint density at radius 3 is 2.28 bits per heavy atom. The molecule has 0 saturated carbocycles. The van der Waals surface area contributed by atoms with Gasteiger partial charge in [-0.3, -0.25) is 9.69 Å². The summed E-state index contributed by atoms with van der Waals surface area (Å²) in [6.45, 7) is 7.87. The molecule has 0 bridgehead atoms. The summed E-state index contributed by atoms with van der Waals surface area (Å²) in [5, 5.41) is 3.03. The van der Waals surface area contributed by atoms with E-state index in [0.29, 0.717) is 6.54 Å². The molecule has 3 rings (SSSR count). The van der Waals surface area contributed by atoms with Crippen LogP contribution in [0.25, 0.3) is 0 Å².